The number of rotatable bonds is 6. The Labute approximate surface area is 184 Å². The first kappa shape index (κ1) is 20.8. The third-order valence-corrected chi connectivity index (χ3v) is 4.81. The van der Waals surface area contributed by atoms with E-state index < -0.39 is 0 Å². The van der Waals surface area contributed by atoms with Crippen LogP contribution in [0.1, 0.15) is 15.9 Å². The fourth-order valence-corrected chi connectivity index (χ4v) is 3.19. The zero-order chi connectivity index (χ0) is 22.5. The highest BCUT2D eigenvalue weighted by molar-refractivity contribution is 6.08. The van der Waals surface area contributed by atoms with Crippen molar-refractivity contribution in [2.75, 3.05) is 23.0 Å². The van der Waals surface area contributed by atoms with E-state index in [1.807, 2.05) is 31.3 Å². The number of fused-ring (bicyclic) bond motifs is 1. The van der Waals surface area contributed by atoms with Gasteiger partial charge in [0.2, 0.25) is 0 Å². The molecule has 4 aromatic rings. The molecule has 0 saturated heterocycles. The number of benzene rings is 1. The first-order valence-corrected chi connectivity index (χ1v) is 9.89. The predicted octanol–water partition coefficient (Wildman–Crippen LogP) is 2.98. The van der Waals surface area contributed by atoms with Gasteiger partial charge in [0.05, 0.1) is 17.3 Å². The molecule has 32 heavy (non-hydrogen) atoms. The van der Waals surface area contributed by atoms with Crippen molar-refractivity contribution in [2.45, 2.75) is 6.54 Å². The molecule has 3 heterocycles. The van der Waals surface area contributed by atoms with E-state index in [4.69, 9.17) is 0 Å². The van der Waals surface area contributed by atoms with Crippen LogP contribution in [0.3, 0.4) is 0 Å². The summed E-state index contributed by atoms with van der Waals surface area (Å²) in [5, 5.41) is 16.4. The molecule has 0 radical (unpaired) electrons. The molecule has 10 nitrogen and oxygen atoms in total. The van der Waals surface area contributed by atoms with Gasteiger partial charge in [0, 0.05) is 44.1 Å². The fraction of sp³-hybridized carbons (Fsp3) is 0.136. The maximum Gasteiger partial charge on any atom is 0.320 e. The lowest BCUT2D eigenvalue weighted by atomic mass is 10.2. The molecule has 0 aliphatic carbocycles. The average Bonchev–Trinajstić information content (AvgIpc) is 3.18. The van der Waals surface area contributed by atoms with Crippen molar-refractivity contribution in [3.8, 4) is 0 Å². The van der Waals surface area contributed by atoms with Crippen LogP contribution in [-0.2, 0) is 13.6 Å². The third-order valence-electron chi connectivity index (χ3n) is 4.81. The summed E-state index contributed by atoms with van der Waals surface area (Å²) in [7, 11) is 3.40. The molecule has 0 spiro atoms. The van der Waals surface area contributed by atoms with Crippen molar-refractivity contribution in [1.29, 1.82) is 0 Å². The van der Waals surface area contributed by atoms with E-state index >= 15 is 0 Å². The van der Waals surface area contributed by atoms with Gasteiger partial charge in [0.1, 0.15) is 11.6 Å². The Hall–Kier alpha value is -4.47. The molecule has 162 valence electrons. The zero-order valence-corrected chi connectivity index (χ0v) is 17.6. The number of hydrogen-bond donors (Lipinski definition) is 4. The minimum atomic E-state index is -0.351. The van der Waals surface area contributed by atoms with Crippen LogP contribution >= 0.6 is 0 Å². The molecule has 3 aromatic heterocycles. The van der Waals surface area contributed by atoms with Gasteiger partial charge in [-0.2, -0.15) is 5.10 Å². The summed E-state index contributed by atoms with van der Waals surface area (Å²) in [5.41, 5.74) is 2.93. The summed E-state index contributed by atoms with van der Waals surface area (Å²) in [6.07, 6.45) is 4.97. The Morgan fingerprint density at radius 3 is 2.75 bits per heavy atom. The maximum atomic E-state index is 12.9. The van der Waals surface area contributed by atoms with Gasteiger partial charge in [0.25, 0.3) is 5.91 Å². The monoisotopic (exact) mass is 430 g/mol. The second kappa shape index (κ2) is 9.13. The lowest BCUT2D eigenvalue weighted by Crippen LogP contribution is -2.25. The van der Waals surface area contributed by atoms with Crippen molar-refractivity contribution in [2.24, 2.45) is 7.05 Å². The predicted molar refractivity (Wildman–Crippen MR) is 123 cm³/mol. The molecule has 1 aromatic carbocycles. The quantitative estimate of drug-likeness (QED) is 0.373. The summed E-state index contributed by atoms with van der Waals surface area (Å²) < 4.78 is 1.78. The van der Waals surface area contributed by atoms with Crippen molar-refractivity contribution in [3.05, 3.63) is 72.2 Å². The third kappa shape index (κ3) is 4.64. The number of nitrogens with one attached hydrogen (secondary N) is 4. The van der Waals surface area contributed by atoms with E-state index in [0.717, 1.165) is 16.5 Å². The summed E-state index contributed by atoms with van der Waals surface area (Å²) in [4.78, 5) is 32.8. The van der Waals surface area contributed by atoms with Crippen molar-refractivity contribution in [3.63, 3.8) is 0 Å². The van der Waals surface area contributed by atoms with Crippen LogP contribution in [0, 0.1) is 0 Å². The van der Waals surface area contributed by atoms with E-state index in [1.165, 1.54) is 7.05 Å². The molecular weight excluding hydrogens is 408 g/mol. The van der Waals surface area contributed by atoms with Crippen LogP contribution in [0.25, 0.3) is 10.9 Å². The summed E-state index contributed by atoms with van der Waals surface area (Å²) in [6.45, 7) is 0.393. The Kier molecular flexibility index (Phi) is 5.93. The Morgan fingerprint density at radius 1 is 1.03 bits per heavy atom. The summed E-state index contributed by atoms with van der Waals surface area (Å²) in [6, 6.07) is 12.2. The van der Waals surface area contributed by atoms with Crippen molar-refractivity contribution >= 4 is 40.2 Å². The van der Waals surface area contributed by atoms with Crippen LogP contribution in [0.2, 0.25) is 0 Å². The van der Waals surface area contributed by atoms with Crippen LogP contribution in [-0.4, -0.2) is 38.7 Å². The second-order valence-electron chi connectivity index (χ2n) is 7.00. The highest BCUT2D eigenvalue weighted by atomic mass is 16.2. The molecule has 0 aliphatic heterocycles. The molecule has 0 unspecified atom stereocenters. The molecule has 3 amide bonds. The maximum absolute atomic E-state index is 12.9. The van der Waals surface area contributed by atoms with Crippen molar-refractivity contribution in [1.82, 2.24) is 25.1 Å². The van der Waals surface area contributed by atoms with Gasteiger partial charge in [-0.1, -0.05) is 0 Å². The summed E-state index contributed by atoms with van der Waals surface area (Å²) >= 11 is 0. The van der Waals surface area contributed by atoms with E-state index in [1.54, 1.807) is 41.5 Å². The largest absolute Gasteiger partial charge is 0.365 e. The molecule has 0 aliphatic rings. The van der Waals surface area contributed by atoms with Gasteiger partial charge < -0.3 is 16.0 Å². The van der Waals surface area contributed by atoms with Crippen LogP contribution < -0.4 is 21.3 Å². The van der Waals surface area contributed by atoms with Crippen molar-refractivity contribution < 1.29 is 9.59 Å². The van der Waals surface area contributed by atoms with E-state index in [-0.39, 0.29) is 11.9 Å². The van der Waals surface area contributed by atoms with Gasteiger partial charge in [-0.05, 0) is 48.0 Å². The summed E-state index contributed by atoms with van der Waals surface area (Å²) in [5.74, 6) is 0.596. The molecule has 0 saturated carbocycles. The van der Waals surface area contributed by atoms with E-state index in [0.29, 0.717) is 29.4 Å². The first-order valence-electron chi connectivity index (χ1n) is 9.89. The molecule has 0 bridgehead atoms. The van der Waals surface area contributed by atoms with Gasteiger partial charge >= 0.3 is 6.03 Å². The topological polar surface area (TPSA) is 126 Å². The molecular formula is C22H22N8O2. The smallest absolute Gasteiger partial charge is 0.320 e. The molecule has 4 rings (SSSR count). The zero-order valence-electron chi connectivity index (χ0n) is 17.6. The average molecular weight is 430 g/mol. The SMILES string of the molecule is CNC(=O)Nc1cc(CNc2ncccc2C(=O)Nc2ccc3c(cnn3C)c2)ccn1. The molecule has 10 heteroatoms. The number of hydrogen-bond acceptors (Lipinski definition) is 6. The van der Waals surface area contributed by atoms with E-state index in [2.05, 4.69) is 36.3 Å². The second-order valence-corrected chi connectivity index (χ2v) is 7.00. The Balaban J connectivity index is 1.47. The highest BCUT2D eigenvalue weighted by Crippen LogP contribution is 2.20. The Morgan fingerprint density at radius 2 is 1.91 bits per heavy atom. The minimum Gasteiger partial charge on any atom is -0.365 e. The lowest BCUT2D eigenvalue weighted by Gasteiger charge is -2.12. The fourth-order valence-electron chi connectivity index (χ4n) is 3.19. The molecule has 0 fully saturated rings. The van der Waals surface area contributed by atoms with Crippen LogP contribution in [0.5, 0.6) is 0 Å². The first-order chi connectivity index (χ1) is 15.5. The highest BCUT2D eigenvalue weighted by Gasteiger charge is 2.13. The normalized spacial score (nSPS) is 10.6. The van der Waals surface area contributed by atoms with Gasteiger partial charge in [0.15, 0.2) is 0 Å². The minimum absolute atomic E-state index is 0.277. The number of carbonyl (C=O) groups is 2. The Bertz CT molecular complexity index is 1280. The van der Waals surface area contributed by atoms with Gasteiger partial charge in [-0.25, -0.2) is 14.8 Å². The number of anilines is 3. The number of amides is 3. The van der Waals surface area contributed by atoms with Gasteiger partial charge in [-0.3, -0.25) is 14.8 Å². The van der Waals surface area contributed by atoms with Crippen LogP contribution in [0.4, 0.5) is 22.1 Å². The number of aryl methyl sites for hydroxylation is 1. The number of urea groups is 1. The van der Waals surface area contributed by atoms with Crippen LogP contribution in [0.15, 0.2) is 61.1 Å². The number of carbonyl (C=O) groups excluding carboxylic acids is 2. The standard InChI is InChI=1S/C22H22N8O2/c1-23-22(32)29-19-10-14(7-9-24-19)12-26-20-17(4-3-8-25-20)21(31)28-16-5-6-18-15(11-16)13-27-30(18)2/h3-11,13H,12H2,1-2H3,(H,25,26)(H,28,31)(H2,23,24,29,32). The number of pyridine rings is 2. The van der Waals surface area contributed by atoms with E-state index in [9.17, 15) is 9.59 Å². The number of aromatic nitrogens is 4. The molecule has 0 atom stereocenters. The van der Waals surface area contributed by atoms with Gasteiger partial charge in [-0.15, -0.1) is 0 Å². The number of nitrogens with zero attached hydrogens (tertiary/aromatic N) is 4. The molecule has 4 N–H and O–H groups in total. The lowest BCUT2D eigenvalue weighted by molar-refractivity contribution is 0.102.